The van der Waals surface area contributed by atoms with Crippen LogP contribution in [0.2, 0.25) is 0 Å². The molecule has 0 aromatic heterocycles. The summed E-state index contributed by atoms with van der Waals surface area (Å²) >= 11 is 0. The average Bonchev–Trinajstić information content (AvgIpc) is 2.65. The lowest BCUT2D eigenvalue weighted by atomic mass is 9.85. The minimum absolute atomic E-state index is 0.290. The van der Waals surface area contributed by atoms with Crippen molar-refractivity contribution in [2.45, 2.75) is 38.0 Å². The molecule has 0 radical (unpaired) electrons. The van der Waals surface area contributed by atoms with Crippen LogP contribution in [0.1, 0.15) is 41.0 Å². The van der Waals surface area contributed by atoms with Gasteiger partial charge in [0.2, 0.25) is 0 Å². The third-order valence-corrected chi connectivity index (χ3v) is 5.08. The second kappa shape index (κ2) is 7.71. The maximum atomic E-state index is 6.12. The van der Waals surface area contributed by atoms with Crippen LogP contribution in [0.3, 0.4) is 0 Å². The molecule has 0 heterocycles. The van der Waals surface area contributed by atoms with E-state index < -0.39 is 0 Å². The van der Waals surface area contributed by atoms with Crippen molar-refractivity contribution in [2.24, 2.45) is 5.73 Å². The molecular weight excluding hydrogens is 298 g/mol. The summed E-state index contributed by atoms with van der Waals surface area (Å²) in [4.78, 5) is 0. The number of methoxy groups -OCH3 is 2. The Morgan fingerprint density at radius 1 is 0.958 bits per heavy atom. The maximum absolute atomic E-state index is 6.12. The summed E-state index contributed by atoms with van der Waals surface area (Å²) in [6.07, 6.45) is 5.88. The first-order valence-corrected chi connectivity index (χ1v) is 8.77. The highest BCUT2D eigenvalue weighted by molar-refractivity contribution is 5.42. The van der Waals surface area contributed by atoms with Gasteiger partial charge < -0.3 is 15.2 Å². The second-order valence-electron chi connectivity index (χ2n) is 6.55. The van der Waals surface area contributed by atoms with Gasteiger partial charge in [-0.15, -0.1) is 0 Å². The van der Waals surface area contributed by atoms with Gasteiger partial charge in [-0.1, -0.05) is 18.2 Å². The smallest absolute Gasteiger partial charge is 0.122 e. The molecule has 1 aliphatic rings. The van der Waals surface area contributed by atoms with Gasteiger partial charge in [-0.2, -0.15) is 0 Å². The Balaban J connectivity index is 1.87. The van der Waals surface area contributed by atoms with Crippen LogP contribution in [0, 0.1) is 0 Å². The molecule has 0 saturated carbocycles. The molecule has 2 aromatic carbocycles. The Morgan fingerprint density at radius 3 is 2.46 bits per heavy atom. The van der Waals surface area contributed by atoms with Gasteiger partial charge in [0.25, 0.3) is 0 Å². The molecule has 1 unspecified atom stereocenters. The molecule has 1 atom stereocenters. The number of rotatable bonds is 6. The quantitative estimate of drug-likeness (QED) is 0.877. The standard InChI is InChI=1S/C21H27NO2/c1-23-20-9-10-21(24-2)18(13-20)12-19(14-22)17-8-7-15-5-3-4-6-16(15)11-17/h7-11,13,19H,3-6,12,14,22H2,1-2H3. The fourth-order valence-corrected chi connectivity index (χ4v) is 3.65. The lowest BCUT2D eigenvalue weighted by molar-refractivity contribution is 0.397. The molecule has 3 nitrogen and oxygen atoms in total. The van der Waals surface area contributed by atoms with Gasteiger partial charge >= 0.3 is 0 Å². The van der Waals surface area contributed by atoms with Crippen molar-refractivity contribution in [2.75, 3.05) is 20.8 Å². The zero-order valence-electron chi connectivity index (χ0n) is 14.7. The van der Waals surface area contributed by atoms with Crippen molar-refractivity contribution >= 4 is 0 Å². The highest BCUT2D eigenvalue weighted by Crippen LogP contribution is 2.31. The summed E-state index contributed by atoms with van der Waals surface area (Å²) in [5.41, 5.74) is 11.6. The lowest BCUT2D eigenvalue weighted by Crippen LogP contribution is -2.16. The minimum atomic E-state index is 0.290. The Kier molecular flexibility index (Phi) is 5.41. The van der Waals surface area contributed by atoms with E-state index in [1.54, 1.807) is 14.2 Å². The minimum Gasteiger partial charge on any atom is -0.497 e. The van der Waals surface area contributed by atoms with Crippen LogP contribution in [0.4, 0.5) is 0 Å². The molecule has 24 heavy (non-hydrogen) atoms. The molecule has 3 rings (SSSR count). The predicted molar refractivity (Wildman–Crippen MR) is 98.1 cm³/mol. The number of fused-ring (bicyclic) bond motifs is 1. The largest absolute Gasteiger partial charge is 0.497 e. The molecule has 0 spiro atoms. The summed E-state index contributed by atoms with van der Waals surface area (Å²) in [6.45, 7) is 0.624. The normalized spacial score (nSPS) is 14.8. The Morgan fingerprint density at radius 2 is 1.75 bits per heavy atom. The third kappa shape index (κ3) is 3.57. The highest BCUT2D eigenvalue weighted by atomic mass is 16.5. The first kappa shape index (κ1) is 16.8. The van der Waals surface area contributed by atoms with E-state index in [-0.39, 0.29) is 0 Å². The Bertz CT molecular complexity index is 696. The van der Waals surface area contributed by atoms with Gasteiger partial charge in [-0.3, -0.25) is 0 Å². The van der Waals surface area contributed by atoms with E-state index in [2.05, 4.69) is 24.3 Å². The van der Waals surface area contributed by atoms with Crippen LogP contribution >= 0.6 is 0 Å². The SMILES string of the molecule is COc1ccc(OC)c(CC(CN)c2ccc3c(c2)CCCC3)c1. The number of nitrogens with two attached hydrogens (primary N) is 1. The van der Waals surface area contributed by atoms with E-state index in [9.17, 15) is 0 Å². The molecule has 0 saturated heterocycles. The molecule has 0 aliphatic heterocycles. The van der Waals surface area contributed by atoms with Crippen LogP contribution in [-0.4, -0.2) is 20.8 Å². The highest BCUT2D eigenvalue weighted by Gasteiger charge is 2.17. The van der Waals surface area contributed by atoms with Gasteiger partial charge in [-0.05, 0) is 79.1 Å². The molecule has 1 aliphatic carbocycles. The summed E-state index contributed by atoms with van der Waals surface area (Å²) in [5, 5.41) is 0. The van der Waals surface area contributed by atoms with Crippen molar-refractivity contribution < 1.29 is 9.47 Å². The number of ether oxygens (including phenoxy) is 2. The van der Waals surface area contributed by atoms with E-state index in [0.29, 0.717) is 12.5 Å². The van der Waals surface area contributed by atoms with Crippen molar-refractivity contribution in [1.82, 2.24) is 0 Å². The molecule has 3 heteroatoms. The van der Waals surface area contributed by atoms with Gasteiger partial charge in [0.05, 0.1) is 14.2 Å². The van der Waals surface area contributed by atoms with Gasteiger partial charge in [0, 0.05) is 5.92 Å². The van der Waals surface area contributed by atoms with E-state index in [0.717, 1.165) is 23.5 Å². The first-order chi connectivity index (χ1) is 11.7. The van der Waals surface area contributed by atoms with Gasteiger partial charge in [0.15, 0.2) is 0 Å². The van der Waals surface area contributed by atoms with Crippen LogP contribution in [0.5, 0.6) is 11.5 Å². The number of hydrogen-bond acceptors (Lipinski definition) is 3. The van der Waals surface area contributed by atoms with E-state index >= 15 is 0 Å². The Labute approximate surface area is 144 Å². The fourth-order valence-electron chi connectivity index (χ4n) is 3.65. The van der Waals surface area contributed by atoms with Crippen molar-refractivity contribution in [3.05, 3.63) is 58.7 Å². The van der Waals surface area contributed by atoms with Gasteiger partial charge in [0.1, 0.15) is 11.5 Å². The van der Waals surface area contributed by atoms with Crippen LogP contribution < -0.4 is 15.2 Å². The van der Waals surface area contributed by atoms with Crippen LogP contribution in [0.25, 0.3) is 0 Å². The topological polar surface area (TPSA) is 44.5 Å². The second-order valence-corrected chi connectivity index (χ2v) is 6.55. The predicted octanol–water partition coefficient (Wildman–Crippen LogP) is 3.87. The van der Waals surface area contributed by atoms with Crippen molar-refractivity contribution in [1.29, 1.82) is 0 Å². The molecule has 0 amide bonds. The zero-order valence-corrected chi connectivity index (χ0v) is 14.7. The molecule has 0 fully saturated rings. The monoisotopic (exact) mass is 325 g/mol. The lowest BCUT2D eigenvalue weighted by Gasteiger charge is -2.21. The number of benzene rings is 2. The van der Waals surface area contributed by atoms with Gasteiger partial charge in [-0.25, -0.2) is 0 Å². The average molecular weight is 325 g/mol. The summed E-state index contributed by atoms with van der Waals surface area (Å²) < 4.78 is 10.9. The fraction of sp³-hybridized carbons (Fsp3) is 0.429. The Hall–Kier alpha value is -2.00. The summed E-state index contributed by atoms with van der Waals surface area (Å²) in [7, 11) is 3.40. The van der Waals surface area contributed by atoms with Crippen LogP contribution in [-0.2, 0) is 19.3 Å². The van der Waals surface area contributed by atoms with Crippen LogP contribution in [0.15, 0.2) is 36.4 Å². The third-order valence-electron chi connectivity index (χ3n) is 5.08. The maximum Gasteiger partial charge on any atom is 0.122 e. The van der Waals surface area contributed by atoms with E-state index in [4.69, 9.17) is 15.2 Å². The molecule has 2 aromatic rings. The van der Waals surface area contributed by atoms with E-state index in [1.807, 2.05) is 12.1 Å². The summed E-state index contributed by atoms with van der Waals surface area (Å²) in [6, 6.07) is 12.9. The molecule has 0 bridgehead atoms. The van der Waals surface area contributed by atoms with Crippen molar-refractivity contribution in [3.63, 3.8) is 0 Å². The number of hydrogen-bond donors (Lipinski definition) is 1. The molecule has 128 valence electrons. The molecule has 2 N–H and O–H groups in total. The van der Waals surface area contributed by atoms with Crippen molar-refractivity contribution in [3.8, 4) is 11.5 Å². The first-order valence-electron chi connectivity index (χ1n) is 8.77. The number of aryl methyl sites for hydroxylation is 2. The van der Waals surface area contributed by atoms with E-state index in [1.165, 1.54) is 42.4 Å². The molecular formula is C21H27NO2. The zero-order chi connectivity index (χ0) is 16.9. The summed E-state index contributed by atoms with van der Waals surface area (Å²) in [5.74, 6) is 2.04.